The number of benzene rings is 2. The lowest BCUT2D eigenvalue weighted by Gasteiger charge is -2.25. The van der Waals surface area contributed by atoms with E-state index in [2.05, 4.69) is 10.6 Å². The zero-order chi connectivity index (χ0) is 21.5. The Morgan fingerprint density at radius 2 is 2.00 bits per heavy atom. The molecule has 0 radical (unpaired) electrons. The predicted molar refractivity (Wildman–Crippen MR) is 112 cm³/mol. The smallest absolute Gasteiger partial charge is 0.262 e. The highest BCUT2D eigenvalue weighted by molar-refractivity contribution is 7.89. The first kappa shape index (κ1) is 20.4. The van der Waals surface area contributed by atoms with Crippen LogP contribution in [0.3, 0.4) is 0 Å². The van der Waals surface area contributed by atoms with Gasteiger partial charge < -0.3 is 15.4 Å². The Morgan fingerprint density at radius 3 is 2.77 bits per heavy atom. The lowest BCUT2D eigenvalue weighted by Crippen LogP contribution is -2.43. The van der Waals surface area contributed by atoms with Crippen LogP contribution in [0, 0.1) is 13.8 Å². The Bertz CT molecular complexity index is 1130. The maximum absolute atomic E-state index is 13.3. The lowest BCUT2D eigenvalue weighted by molar-refractivity contribution is -0.119. The van der Waals surface area contributed by atoms with Gasteiger partial charge in [-0.15, -0.1) is 0 Å². The molecule has 0 unspecified atom stereocenters. The van der Waals surface area contributed by atoms with Crippen molar-refractivity contribution in [2.75, 3.05) is 23.8 Å². The van der Waals surface area contributed by atoms with Crippen LogP contribution in [0.4, 0.5) is 11.4 Å². The molecule has 2 heterocycles. The van der Waals surface area contributed by atoms with Gasteiger partial charge in [0.25, 0.3) is 5.91 Å². The van der Waals surface area contributed by atoms with Gasteiger partial charge in [0.2, 0.25) is 15.9 Å². The highest BCUT2D eigenvalue weighted by Crippen LogP contribution is 2.33. The van der Waals surface area contributed by atoms with Crippen molar-refractivity contribution in [2.24, 2.45) is 0 Å². The average Bonchev–Trinajstić information content (AvgIpc) is 3.20. The lowest BCUT2D eigenvalue weighted by atomic mass is 10.1. The maximum Gasteiger partial charge on any atom is 0.262 e. The maximum atomic E-state index is 13.3. The van der Waals surface area contributed by atoms with Crippen LogP contribution in [0.15, 0.2) is 41.3 Å². The molecule has 1 atom stereocenters. The monoisotopic (exact) mass is 429 g/mol. The Morgan fingerprint density at radius 1 is 1.20 bits per heavy atom. The van der Waals surface area contributed by atoms with Gasteiger partial charge in [-0.05, 0) is 56.5 Å². The topological polar surface area (TPSA) is 105 Å². The number of ether oxygens (including phenoxy) is 1. The van der Waals surface area contributed by atoms with E-state index in [1.54, 1.807) is 0 Å². The molecule has 158 valence electrons. The molecule has 2 amide bonds. The SMILES string of the molecule is Cc1ccc(NC(=O)[C@H]2CCCN2S(=O)(=O)c2ccc3c(c2)NC(=O)CO3)c(C)c1. The van der Waals surface area contributed by atoms with Crippen LogP contribution < -0.4 is 15.4 Å². The average molecular weight is 429 g/mol. The second kappa shape index (κ2) is 7.73. The molecule has 0 spiro atoms. The number of amides is 2. The molecule has 2 aromatic carbocycles. The third-order valence-electron chi connectivity index (χ3n) is 5.34. The van der Waals surface area contributed by atoms with Gasteiger partial charge in [-0.3, -0.25) is 9.59 Å². The molecular weight excluding hydrogens is 406 g/mol. The number of anilines is 2. The minimum Gasteiger partial charge on any atom is -0.482 e. The number of hydrogen-bond donors (Lipinski definition) is 2. The number of hydrogen-bond acceptors (Lipinski definition) is 5. The van der Waals surface area contributed by atoms with Gasteiger partial charge in [-0.2, -0.15) is 4.31 Å². The number of rotatable bonds is 4. The fourth-order valence-electron chi connectivity index (χ4n) is 3.82. The van der Waals surface area contributed by atoms with E-state index >= 15 is 0 Å². The second-order valence-electron chi connectivity index (χ2n) is 7.58. The molecule has 2 aromatic rings. The molecule has 9 heteroatoms. The van der Waals surface area contributed by atoms with Crippen molar-refractivity contribution in [1.29, 1.82) is 0 Å². The summed E-state index contributed by atoms with van der Waals surface area (Å²) in [6.45, 7) is 4.02. The first-order valence-corrected chi connectivity index (χ1v) is 11.2. The summed E-state index contributed by atoms with van der Waals surface area (Å²) in [5, 5.41) is 5.48. The van der Waals surface area contributed by atoms with Crippen LogP contribution in [0.1, 0.15) is 24.0 Å². The third-order valence-corrected chi connectivity index (χ3v) is 7.24. The Hall–Kier alpha value is -2.91. The second-order valence-corrected chi connectivity index (χ2v) is 9.47. The van der Waals surface area contributed by atoms with Crippen LogP contribution in [-0.2, 0) is 19.6 Å². The number of nitrogens with one attached hydrogen (secondary N) is 2. The van der Waals surface area contributed by atoms with E-state index in [9.17, 15) is 18.0 Å². The van der Waals surface area contributed by atoms with E-state index in [1.807, 2.05) is 32.0 Å². The normalized spacial score (nSPS) is 19.0. The van der Waals surface area contributed by atoms with Gasteiger partial charge in [0, 0.05) is 12.2 Å². The number of carbonyl (C=O) groups excluding carboxylic acids is 2. The van der Waals surface area contributed by atoms with Gasteiger partial charge in [0.15, 0.2) is 6.61 Å². The highest BCUT2D eigenvalue weighted by atomic mass is 32.2. The molecule has 0 saturated carbocycles. The summed E-state index contributed by atoms with van der Waals surface area (Å²) < 4.78 is 33.1. The van der Waals surface area contributed by atoms with E-state index in [-0.39, 0.29) is 29.9 Å². The summed E-state index contributed by atoms with van der Waals surface area (Å²) in [4.78, 5) is 24.5. The van der Waals surface area contributed by atoms with E-state index in [0.717, 1.165) is 11.1 Å². The summed E-state index contributed by atoms with van der Waals surface area (Å²) in [7, 11) is -3.93. The number of carbonyl (C=O) groups is 2. The minimum absolute atomic E-state index is 0.0123. The summed E-state index contributed by atoms with van der Waals surface area (Å²) in [6.07, 6.45) is 1.04. The van der Waals surface area contributed by atoms with Crippen molar-refractivity contribution in [3.63, 3.8) is 0 Å². The van der Waals surface area contributed by atoms with E-state index < -0.39 is 16.1 Å². The zero-order valence-corrected chi connectivity index (χ0v) is 17.6. The zero-order valence-electron chi connectivity index (χ0n) is 16.8. The standard InChI is InChI=1S/C21H23N3O5S/c1-13-5-7-16(14(2)10-13)23-21(26)18-4-3-9-24(18)30(27,28)15-6-8-19-17(11-15)22-20(25)12-29-19/h5-8,10-11,18H,3-4,9,12H2,1-2H3,(H,22,25)(H,23,26)/t18-/m1/s1. The molecule has 4 rings (SSSR count). The van der Waals surface area contributed by atoms with Gasteiger partial charge in [-0.1, -0.05) is 17.7 Å². The molecule has 0 aliphatic carbocycles. The Balaban J connectivity index is 1.58. The van der Waals surface area contributed by atoms with E-state index in [1.165, 1.54) is 22.5 Å². The number of fused-ring (bicyclic) bond motifs is 1. The molecule has 0 bridgehead atoms. The van der Waals surface area contributed by atoms with Crippen LogP contribution in [-0.4, -0.2) is 43.7 Å². The molecule has 1 fully saturated rings. The summed E-state index contributed by atoms with van der Waals surface area (Å²) >= 11 is 0. The first-order valence-electron chi connectivity index (χ1n) is 9.72. The summed E-state index contributed by atoms with van der Waals surface area (Å²) in [5.74, 6) is -0.277. The molecule has 8 nitrogen and oxygen atoms in total. The van der Waals surface area contributed by atoms with Gasteiger partial charge >= 0.3 is 0 Å². The summed E-state index contributed by atoms with van der Waals surface area (Å²) in [5.41, 5.74) is 2.98. The largest absolute Gasteiger partial charge is 0.482 e. The van der Waals surface area contributed by atoms with Crippen molar-refractivity contribution in [3.8, 4) is 5.75 Å². The van der Waals surface area contributed by atoms with Gasteiger partial charge in [-0.25, -0.2) is 8.42 Å². The Labute approximate surface area is 175 Å². The Kier molecular flexibility index (Phi) is 5.25. The molecule has 1 saturated heterocycles. The van der Waals surface area contributed by atoms with Crippen LogP contribution in [0.2, 0.25) is 0 Å². The molecule has 2 aliphatic rings. The van der Waals surface area contributed by atoms with Crippen molar-refractivity contribution < 1.29 is 22.7 Å². The van der Waals surface area contributed by atoms with Gasteiger partial charge in [0.05, 0.1) is 10.6 Å². The third kappa shape index (κ3) is 3.78. The minimum atomic E-state index is -3.93. The predicted octanol–water partition coefficient (Wildman–Crippen LogP) is 2.43. The fourth-order valence-corrected chi connectivity index (χ4v) is 5.50. The van der Waals surface area contributed by atoms with Crippen molar-refractivity contribution in [2.45, 2.75) is 37.6 Å². The van der Waals surface area contributed by atoms with Crippen molar-refractivity contribution >= 4 is 33.2 Å². The van der Waals surface area contributed by atoms with Crippen molar-refractivity contribution in [3.05, 3.63) is 47.5 Å². The van der Waals surface area contributed by atoms with Crippen LogP contribution in [0.5, 0.6) is 5.75 Å². The fraction of sp³-hybridized carbons (Fsp3) is 0.333. The molecule has 2 aliphatic heterocycles. The van der Waals surface area contributed by atoms with E-state index in [0.29, 0.717) is 30.0 Å². The number of sulfonamides is 1. The molecule has 30 heavy (non-hydrogen) atoms. The number of nitrogens with zero attached hydrogens (tertiary/aromatic N) is 1. The molecular formula is C21H23N3O5S. The van der Waals surface area contributed by atoms with Crippen LogP contribution >= 0.6 is 0 Å². The number of aryl methyl sites for hydroxylation is 2. The van der Waals surface area contributed by atoms with E-state index in [4.69, 9.17) is 4.74 Å². The molecule has 2 N–H and O–H groups in total. The first-order chi connectivity index (χ1) is 14.3. The van der Waals surface area contributed by atoms with Gasteiger partial charge in [0.1, 0.15) is 11.8 Å². The van der Waals surface area contributed by atoms with Crippen LogP contribution in [0.25, 0.3) is 0 Å². The molecule has 0 aromatic heterocycles. The van der Waals surface area contributed by atoms with Crippen molar-refractivity contribution in [1.82, 2.24) is 4.31 Å². The quantitative estimate of drug-likeness (QED) is 0.777. The summed E-state index contributed by atoms with van der Waals surface area (Å²) in [6, 6.07) is 9.21. The highest BCUT2D eigenvalue weighted by Gasteiger charge is 2.40.